The molecule has 3 rings (SSSR count). The molecule has 21 heavy (non-hydrogen) atoms. The van der Waals surface area contributed by atoms with Crippen LogP contribution in [0.3, 0.4) is 0 Å². The minimum absolute atomic E-state index is 0.0304. The van der Waals surface area contributed by atoms with Crippen molar-refractivity contribution < 1.29 is 9.53 Å². The number of benzene rings is 1. The molecular weight excluding hydrogens is 268 g/mol. The molecule has 0 bridgehead atoms. The molecule has 0 aliphatic carbocycles. The summed E-state index contributed by atoms with van der Waals surface area (Å²) in [4.78, 5) is 22.8. The lowest BCUT2D eigenvalue weighted by Crippen LogP contribution is -2.48. The Balaban J connectivity index is 1.70. The van der Waals surface area contributed by atoms with Crippen LogP contribution in [0.1, 0.15) is 5.69 Å². The molecular formula is C15H18N4O2. The molecule has 6 nitrogen and oxygen atoms in total. The van der Waals surface area contributed by atoms with Crippen LogP contribution in [0.25, 0.3) is 11.0 Å². The number of amides is 1. The van der Waals surface area contributed by atoms with Gasteiger partial charge in [0.1, 0.15) is 6.10 Å². The maximum Gasteiger partial charge on any atom is 0.253 e. The Morgan fingerprint density at radius 3 is 3.00 bits per heavy atom. The number of rotatable bonds is 3. The van der Waals surface area contributed by atoms with Gasteiger partial charge in [-0.1, -0.05) is 12.1 Å². The summed E-state index contributed by atoms with van der Waals surface area (Å²) in [6, 6.07) is 7.70. The van der Waals surface area contributed by atoms with E-state index in [1.165, 1.54) is 0 Å². The molecule has 1 saturated heterocycles. The zero-order valence-corrected chi connectivity index (χ0v) is 12.0. The Hall–Kier alpha value is -2.05. The molecule has 6 heteroatoms. The van der Waals surface area contributed by atoms with Crippen molar-refractivity contribution >= 4 is 16.9 Å². The van der Waals surface area contributed by atoms with Gasteiger partial charge < -0.3 is 15.0 Å². The van der Waals surface area contributed by atoms with Gasteiger partial charge in [0.2, 0.25) is 0 Å². The van der Waals surface area contributed by atoms with E-state index in [1.807, 2.05) is 24.3 Å². The number of nitrogens with zero attached hydrogens (tertiary/aromatic N) is 3. The van der Waals surface area contributed by atoms with Gasteiger partial charge in [0.15, 0.2) is 0 Å². The first-order valence-corrected chi connectivity index (χ1v) is 7.02. The van der Waals surface area contributed by atoms with E-state index < -0.39 is 6.10 Å². The largest absolute Gasteiger partial charge is 0.366 e. The SMILES string of the molecule is CN(Cc1cnc2ccccc2n1)C(=O)C1CNCCO1. The highest BCUT2D eigenvalue weighted by atomic mass is 16.5. The van der Waals surface area contributed by atoms with Gasteiger partial charge in [0.05, 0.1) is 36.1 Å². The fourth-order valence-corrected chi connectivity index (χ4v) is 2.36. The summed E-state index contributed by atoms with van der Waals surface area (Å²) >= 11 is 0. The lowest BCUT2D eigenvalue weighted by molar-refractivity contribution is -0.144. The first-order valence-electron chi connectivity index (χ1n) is 7.02. The van der Waals surface area contributed by atoms with Crippen molar-refractivity contribution in [3.8, 4) is 0 Å². The Morgan fingerprint density at radius 2 is 2.24 bits per heavy atom. The predicted octanol–water partition coefficient (Wildman–Crippen LogP) is 0.577. The summed E-state index contributed by atoms with van der Waals surface area (Å²) in [7, 11) is 1.76. The summed E-state index contributed by atoms with van der Waals surface area (Å²) in [5.74, 6) is -0.0304. The van der Waals surface area contributed by atoms with Crippen LogP contribution in [0.15, 0.2) is 30.5 Å². The number of likely N-dealkylation sites (N-methyl/N-ethyl adjacent to an activating group) is 1. The third-order valence-corrected chi connectivity index (χ3v) is 3.48. The van der Waals surface area contributed by atoms with Crippen LogP contribution in [0.2, 0.25) is 0 Å². The van der Waals surface area contributed by atoms with Gasteiger partial charge >= 0.3 is 0 Å². The smallest absolute Gasteiger partial charge is 0.253 e. The minimum Gasteiger partial charge on any atom is -0.366 e. The van der Waals surface area contributed by atoms with Gasteiger partial charge in [-0.05, 0) is 12.1 Å². The molecule has 0 spiro atoms. The number of ether oxygens (including phenoxy) is 1. The molecule has 1 atom stereocenters. The van der Waals surface area contributed by atoms with Gasteiger partial charge in [-0.25, -0.2) is 4.98 Å². The Labute approximate surface area is 123 Å². The van der Waals surface area contributed by atoms with E-state index >= 15 is 0 Å². The maximum atomic E-state index is 12.3. The van der Waals surface area contributed by atoms with E-state index in [4.69, 9.17) is 4.74 Å². The normalized spacial score (nSPS) is 18.6. The number of hydrogen-bond acceptors (Lipinski definition) is 5. The van der Waals surface area contributed by atoms with Gasteiger partial charge in [-0.3, -0.25) is 9.78 Å². The van der Waals surface area contributed by atoms with Gasteiger partial charge in [-0.15, -0.1) is 0 Å². The second kappa shape index (κ2) is 6.15. The molecule has 1 aromatic carbocycles. The van der Waals surface area contributed by atoms with Crippen molar-refractivity contribution in [2.24, 2.45) is 0 Å². The van der Waals surface area contributed by atoms with Crippen molar-refractivity contribution in [2.75, 3.05) is 26.7 Å². The number of aromatic nitrogens is 2. The topological polar surface area (TPSA) is 67.4 Å². The van der Waals surface area contributed by atoms with Crippen LogP contribution in [0.5, 0.6) is 0 Å². The molecule has 1 fully saturated rings. The molecule has 2 aromatic rings. The maximum absolute atomic E-state index is 12.3. The number of morpholine rings is 1. The quantitative estimate of drug-likeness (QED) is 0.894. The lowest BCUT2D eigenvalue weighted by Gasteiger charge is -2.27. The minimum atomic E-state index is -0.405. The average Bonchev–Trinajstić information content (AvgIpc) is 2.55. The molecule has 1 aliphatic heterocycles. The summed E-state index contributed by atoms with van der Waals surface area (Å²) in [6.45, 7) is 2.35. The fraction of sp³-hybridized carbons (Fsp3) is 0.400. The molecule has 2 heterocycles. The Morgan fingerprint density at radius 1 is 1.43 bits per heavy atom. The number of carbonyl (C=O) groups excluding carboxylic acids is 1. The first kappa shape index (κ1) is 13.9. The average molecular weight is 286 g/mol. The Bertz CT molecular complexity index is 640. The lowest BCUT2D eigenvalue weighted by atomic mass is 10.2. The Kier molecular flexibility index (Phi) is 4.08. The second-order valence-corrected chi connectivity index (χ2v) is 5.11. The predicted molar refractivity (Wildman–Crippen MR) is 78.6 cm³/mol. The van der Waals surface area contributed by atoms with E-state index in [1.54, 1.807) is 18.1 Å². The summed E-state index contributed by atoms with van der Waals surface area (Å²) in [5.41, 5.74) is 2.47. The van der Waals surface area contributed by atoms with E-state index in [0.29, 0.717) is 19.7 Å². The molecule has 0 saturated carbocycles. The van der Waals surface area contributed by atoms with Gasteiger partial charge in [-0.2, -0.15) is 0 Å². The zero-order valence-electron chi connectivity index (χ0n) is 12.0. The van der Waals surface area contributed by atoms with Crippen LogP contribution in [-0.2, 0) is 16.1 Å². The van der Waals surface area contributed by atoms with Crippen LogP contribution in [-0.4, -0.2) is 53.6 Å². The molecule has 1 aromatic heterocycles. The zero-order chi connectivity index (χ0) is 14.7. The highest BCUT2D eigenvalue weighted by Crippen LogP contribution is 2.10. The summed E-state index contributed by atoms with van der Waals surface area (Å²) < 4.78 is 5.48. The van der Waals surface area contributed by atoms with Gasteiger partial charge in [0, 0.05) is 20.1 Å². The van der Waals surface area contributed by atoms with Gasteiger partial charge in [0.25, 0.3) is 5.91 Å². The fourth-order valence-electron chi connectivity index (χ4n) is 2.36. The van der Waals surface area contributed by atoms with Crippen molar-refractivity contribution in [3.63, 3.8) is 0 Å². The molecule has 1 unspecified atom stereocenters. The van der Waals surface area contributed by atoms with Crippen molar-refractivity contribution in [1.82, 2.24) is 20.2 Å². The molecule has 1 amide bonds. The van der Waals surface area contributed by atoms with Crippen LogP contribution in [0, 0.1) is 0 Å². The van der Waals surface area contributed by atoms with E-state index in [-0.39, 0.29) is 5.91 Å². The highest BCUT2D eigenvalue weighted by molar-refractivity contribution is 5.81. The molecule has 1 N–H and O–H groups in total. The number of carbonyl (C=O) groups is 1. The van der Waals surface area contributed by atoms with E-state index in [9.17, 15) is 4.79 Å². The molecule has 1 aliphatic rings. The van der Waals surface area contributed by atoms with Crippen molar-refractivity contribution in [1.29, 1.82) is 0 Å². The van der Waals surface area contributed by atoms with E-state index in [2.05, 4.69) is 15.3 Å². The summed E-state index contributed by atoms with van der Waals surface area (Å²) in [6.07, 6.45) is 1.31. The number of hydrogen-bond donors (Lipinski definition) is 1. The van der Waals surface area contributed by atoms with Crippen LogP contribution < -0.4 is 5.32 Å². The van der Waals surface area contributed by atoms with Crippen LogP contribution >= 0.6 is 0 Å². The highest BCUT2D eigenvalue weighted by Gasteiger charge is 2.25. The monoisotopic (exact) mass is 286 g/mol. The second-order valence-electron chi connectivity index (χ2n) is 5.11. The first-order chi connectivity index (χ1) is 10.2. The standard InChI is InChI=1S/C15H18N4O2/c1-19(15(20)14-9-16-6-7-21-14)10-11-8-17-12-4-2-3-5-13(12)18-11/h2-5,8,14,16H,6-7,9-10H2,1H3. The summed E-state index contributed by atoms with van der Waals surface area (Å²) in [5, 5.41) is 3.16. The van der Waals surface area contributed by atoms with Crippen molar-refractivity contribution in [2.45, 2.75) is 12.6 Å². The third-order valence-electron chi connectivity index (χ3n) is 3.48. The third kappa shape index (κ3) is 3.17. The number of fused-ring (bicyclic) bond motifs is 1. The number of para-hydroxylation sites is 2. The van der Waals surface area contributed by atoms with Crippen molar-refractivity contribution in [3.05, 3.63) is 36.2 Å². The number of nitrogens with one attached hydrogen (secondary N) is 1. The molecule has 0 radical (unpaired) electrons. The van der Waals surface area contributed by atoms with Crippen LogP contribution in [0.4, 0.5) is 0 Å². The van der Waals surface area contributed by atoms with E-state index in [0.717, 1.165) is 23.3 Å². The molecule has 110 valence electrons.